The molecule has 1 unspecified atom stereocenters. The Hall–Kier alpha value is -1.28. The first-order valence-electron chi connectivity index (χ1n) is 5.57. The number of nitrogens with one attached hydrogen (secondary N) is 2. The van der Waals surface area contributed by atoms with Gasteiger partial charge in [-0.25, -0.2) is 16.8 Å². The summed E-state index contributed by atoms with van der Waals surface area (Å²) in [6.45, 7) is 1.75. The zero-order valence-electron chi connectivity index (χ0n) is 11.0. The quantitative estimate of drug-likeness (QED) is 0.815. The Kier molecular flexibility index (Phi) is 4.81. The lowest BCUT2D eigenvalue weighted by molar-refractivity contribution is 0.597. The molecule has 8 heteroatoms. The number of sulfone groups is 1. The van der Waals surface area contributed by atoms with E-state index in [-0.39, 0.29) is 11.8 Å². The zero-order chi connectivity index (χ0) is 14.7. The lowest BCUT2D eigenvalue weighted by Crippen LogP contribution is -2.25. The van der Waals surface area contributed by atoms with E-state index < -0.39 is 19.9 Å². The second-order valence-corrected chi connectivity index (χ2v) is 8.53. The summed E-state index contributed by atoms with van der Waals surface area (Å²) >= 11 is 0. The molecular weight excluding hydrogens is 288 g/mol. The molecule has 1 atom stereocenters. The van der Waals surface area contributed by atoms with Crippen molar-refractivity contribution >= 4 is 31.2 Å². The summed E-state index contributed by atoms with van der Waals surface area (Å²) in [7, 11) is -6.38. The highest BCUT2D eigenvalue weighted by molar-refractivity contribution is 7.92. The van der Waals surface area contributed by atoms with E-state index in [4.69, 9.17) is 0 Å². The van der Waals surface area contributed by atoms with Crippen molar-refractivity contribution in [3.05, 3.63) is 24.3 Å². The van der Waals surface area contributed by atoms with Crippen molar-refractivity contribution in [2.24, 2.45) is 0 Å². The van der Waals surface area contributed by atoms with Crippen LogP contribution in [0.1, 0.15) is 6.92 Å². The summed E-state index contributed by atoms with van der Waals surface area (Å²) in [4.78, 5) is 0. The number of rotatable bonds is 6. The van der Waals surface area contributed by atoms with Crippen LogP contribution in [0.4, 0.5) is 11.4 Å². The molecule has 0 spiro atoms. The second-order valence-electron chi connectivity index (χ2n) is 4.59. The van der Waals surface area contributed by atoms with Gasteiger partial charge in [-0.05, 0) is 25.1 Å². The Balaban J connectivity index is 2.77. The van der Waals surface area contributed by atoms with Crippen molar-refractivity contribution in [1.29, 1.82) is 0 Å². The molecule has 0 saturated heterocycles. The van der Waals surface area contributed by atoms with E-state index in [0.717, 1.165) is 6.26 Å². The van der Waals surface area contributed by atoms with Gasteiger partial charge in [0.05, 0.1) is 17.7 Å². The molecular formula is C11H18N2O4S2. The third-order valence-corrected chi connectivity index (χ3v) is 3.84. The third kappa shape index (κ3) is 7.02. The molecule has 0 radical (unpaired) electrons. The van der Waals surface area contributed by atoms with Crippen LogP contribution in [0.5, 0.6) is 0 Å². The maximum Gasteiger partial charge on any atom is 0.229 e. The standard InChI is InChI=1S/C11H18N2O4S2/c1-9(8-18(2,14)15)12-10-5-4-6-11(7-10)13-19(3,16)17/h4-7,9,12-13H,8H2,1-3H3. The van der Waals surface area contributed by atoms with Crippen LogP contribution in [-0.4, -0.2) is 41.1 Å². The normalized spacial score (nSPS) is 13.8. The van der Waals surface area contributed by atoms with Gasteiger partial charge in [0.25, 0.3) is 0 Å². The highest BCUT2D eigenvalue weighted by Crippen LogP contribution is 2.17. The highest BCUT2D eigenvalue weighted by atomic mass is 32.2. The largest absolute Gasteiger partial charge is 0.382 e. The number of hydrogen-bond donors (Lipinski definition) is 2. The molecule has 0 amide bonds. The fraction of sp³-hybridized carbons (Fsp3) is 0.455. The molecule has 0 saturated carbocycles. The molecule has 1 rings (SSSR count). The number of sulfonamides is 1. The summed E-state index contributed by atoms with van der Waals surface area (Å²) in [5, 5.41) is 3.01. The summed E-state index contributed by atoms with van der Waals surface area (Å²) in [6.07, 6.45) is 2.24. The van der Waals surface area contributed by atoms with Crippen LogP contribution < -0.4 is 10.0 Å². The second kappa shape index (κ2) is 5.79. The van der Waals surface area contributed by atoms with Crippen molar-refractivity contribution in [2.45, 2.75) is 13.0 Å². The molecule has 19 heavy (non-hydrogen) atoms. The van der Waals surface area contributed by atoms with E-state index in [2.05, 4.69) is 10.0 Å². The molecule has 0 aliphatic rings. The monoisotopic (exact) mass is 306 g/mol. The fourth-order valence-corrected chi connectivity index (χ4v) is 3.21. The van der Waals surface area contributed by atoms with Crippen molar-refractivity contribution in [2.75, 3.05) is 28.3 Å². The highest BCUT2D eigenvalue weighted by Gasteiger charge is 2.10. The average Bonchev–Trinajstić information content (AvgIpc) is 2.11. The van der Waals surface area contributed by atoms with Crippen molar-refractivity contribution < 1.29 is 16.8 Å². The van der Waals surface area contributed by atoms with Crippen LogP contribution in [0, 0.1) is 0 Å². The summed E-state index contributed by atoms with van der Waals surface area (Å²) in [5.41, 5.74) is 1.09. The summed E-state index contributed by atoms with van der Waals surface area (Å²) < 4.78 is 46.9. The van der Waals surface area contributed by atoms with Gasteiger partial charge in [0.15, 0.2) is 0 Å². The lowest BCUT2D eigenvalue weighted by Gasteiger charge is -2.15. The van der Waals surface area contributed by atoms with Crippen LogP contribution in [0.2, 0.25) is 0 Å². The van der Waals surface area contributed by atoms with Crippen LogP contribution in [0.25, 0.3) is 0 Å². The molecule has 6 nitrogen and oxygen atoms in total. The molecule has 0 bridgehead atoms. The molecule has 2 N–H and O–H groups in total. The predicted molar refractivity (Wildman–Crippen MR) is 77.7 cm³/mol. The Bertz CT molecular complexity index is 638. The van der Waals surface area contributed by atoms with Crippen molar-refractivity contribution in [1.82, 2.24) is 0 Å². The van der Waals surface area contributed by atoms with Gasteiger partial charge in [0.2, 0.25) is 10.0 Å². The Morgan fingerprint density at radius 1 is 1.11 bits per heavy atom. The van der Waals surface area contributed by atoms with Crippen LogP contribution in [0.15, 0.2) is 24.3 Å². The SMILES string of the molecule is CC(CS(C)(=O)=O)Nc1cccc(NS(C)(=O)=O)c1. The number of hydrogen-bond acceptors (Lipinski definition) is 5. The molecule has 0 aliphatic heterocycles. The van der Waals surface area contributed by atoms with Gasteiger partial charge in [0.1, 0.15) is 9.84 Å². The maximum absolute atomic E-state index is 11.2. The first-order valence-corrected chi connectivity index (χ1v) is 9.52. The zero-order valence-corrected chi connectivity index (χ0v) is 12.7. The average molecular weight is 306 g/mol. The predicted octanol–water partition coefficient (Wildman–Crippen LogP) is 0.903. The van der Waals surface area contributed by atoms with Gasteiger partial charge in [-0.2, -0.15) is 0 Å². The summed E-state index contributed by atoms with van der Waals surface area (Å²) in [5.74, 6) is 0.0106. The van der Waals surface area contributed by atoms with Gasteiger partial charge in [-0.3, -0.25) is 4.72 Å². The van der Waals surface area contributed by atoms with Crippen LogP contribution in [-0.2, 0) is 19.9 Å². The van der Waals surface area contributed by atoms with E-state index in [9.17, 15) is 16.8 Å². The van der Waals surface area contributed by atoms with Crippen molar-refractivity contribution in [3.63, 3.8) is 0 Å². The van der Waals surface area contributed by atoms with E-state index in [1.807, 2.05) is 0 Å². The Morgan fingerprint density at radius 2 is 1.68 bits per heavy atom. The first-order chi connectivity index (χ1) is 8.55. The van der Waals surface area contributed by atoms with E-state index in [1.165, 1.54) is 6.26 Å². The minimum atomic E-state index is -3.32. The molecule has 1 aromatic rings. The number of benzene rings is 1. The Morgan fingerprint density at radius 3 is 2.21 bits per heavy atom. The molecule has 0 fully saturated rings. The molecule has 108 valence electrons. The molecule has 0 aliphatic carbocycles. The van der Waals surface area contributed by atoms with Crippen LogP contribution >= 0.6 is 0 Å². The van der Waals surface area contributed by atoms with Gasteiger partial charge in [-0.1, -0.05) is 6.07 Å². The summed E-state index contributed by atoms with van der Waals surface area (Å²) in [6, 6.07) is 6.39. The van der Waals surface area contributed by atoms with Crippen LogP contribution in [0.3, 0.4) is 0 Å². The van der Waals surface area contributed by atoms with E-state index >= 15 is 0 Å². The minimum absolute atomic E-state index is 0.0106. The van der Waals surface area contributed by atoms with Gasteiger partial charge in [0, 0.05) is 18.0 Å². The van der Waals surface area contributed by atoms with Crippen molar-refractivity contribution in [3.8, 4) is 0 Å². The van der Waals surface area contributed by atoms with Gasteiger partial charge < -0.3 is 5.32 Å². The van der Waals surface area contributed by atoms with E-state index in [0.29, 0.717) is 11.4 Å². The molecule has 1 aromatic carbocycles. The third-order valence-electron chi connectivity index (χ3n) is 2.13. The van der Waals surface area contributed by atoms with E-state index in [1.54, 1.807) is 31.2 Å². The number of anilines is 2. The lowest BCUT2D eigenvalue weighted by atomic mass is 10.2. The molecule has 0 aromatic heterocycles. The minimum Gasteiger partial charge on any atom is -0.382 e. The Labute approximate surface area is 114 Å². The topological polar surface area (TPSA) is 92.3 Å². The first kappa shape index (κ1) is 15.8. The van der Waals surface area contributed by atoms with Gasteiger partial charge >= 0.3 is 0 Å². The van der Waals surface area contributed by atoms with Gasteiger partial charge in [-0.15, -0.1) is 0 Å². The molecule has 0 heterocycles. The fourth-order valence-electron chi connectivity index (χ4n) is 1.67. The maximum atomic E-state index is 11.2. The smallest absolute Gasteiger partial charge is 0.229 e.